The molecule has 1 aliphatic rings. The summed E-state index contributed by atoms with van der Waals surface area (Å²) in [6.07, 6.45) is 2.73. The maximum Gasteiger partial charge on any atom is 0.332 e. The number of hydrogen-bond donors (Lipinski definition) is 1. The van der Waals surface area contributed by atoms with Gasteiger partial charge < -0.3 is 14.3 Å². The van der Waals surface area contributed by atoms with Crippen LogP contribution in [0.25, 0.3) is 44.0 Å². The Morgan fingerprint density at radius 1 is 1.11 bits per heavy atom. The van der Waals surface area contributed by atoms with E-state index in [1.54, 1.807) is 30.3 Å². The molecule has 0 atom stereocenters. The summed E-state index contributed by atoms with van der Waals surface area (Å²) < 4.78 is 45.4. The van der Waals surface area contributed by atoms with E-state index in [9.17, 15) is 22.4 Å². The van der Waals surface area contributed by atoms with Gasteiger partial charge in [0.2, 0.25) is 0 Å². The maximum absolute atomic E-state index is 14.0. The molecule has 0 spiro atoms. The van der Waals surface area contributed by atoms with Crippen LogP contribution in [0.2, 0.25) is 0 Å². The van der Waals surface area contributed by atoms with Crippen molar-refractivity contribution in [3.63, 3.8) is 0 Å². The predicted molar refractivity (Wildman–Crippen MR) is 145 cm³/mol. The number of aromatic nitrogens is 2. The van der Waals surface area contributed by atoms with Crippen molar-refractivity contribution < 1.29 is 17.0 Å². The lowest BCUT2D eigenvalue weighted by atomic mass is 9.91. The third-order valence-electron chi connectivity index (χ3n) is 7.21. The van der Waals surface area contributed by atoms with Gasteiger partial charge in [0.1, 0.15) is 11.4 Å². The van der Waals surface area contributed by atoms with Crippen LogP contribution in [0.1, 0.15) is 44.7 Å². The lowest BCUT2D eigenvalue weighted by Crippen LogP contribution is -2.21. The average molecular weight is 530 g/mol. The number of fused-ring (bicyclic) bond motifs is 4. The van der Waals surface area contributed by atoms with E-state index in [0.717, 1.165) is 24.6 Å². The number of aromatic amines is 1. The van der Waals surface area contributed by atoms with Gasteiger partial charge in [-0.2, -0.15) is 13.7 Å². The lowest BCUT2D eigenvalue weighted by molar-refractivity contribution is 0.244. The van der Waals surface area contributed by atoms with Crippen LogP contribution in [0, 0.1) is 11.3 Å². The Labute approximate surface area is 218 Å². The summed E-state index contributed by atoms with van der Waals surface area (Å²) in [5, 5.41) is 11.2. The van der Waals surface area contributed by atoms with Gasteiger partial charge in [0.25, 0.3) is 0 Å². The fourth-order valence-electron chi connectivity index (χ4n) is 5.28. The molecule has 0 bridgehead atoms. The van der Waals surface area contributed by atoms with Crippen molar-refractivity contribution in [3.8, 4) is 22.9 Å². The molecular formula is C29H24FN3O4S. The number of pyridine rings is 1. The second kappa shape index (κ2) is 8.71. The van der Waals surface area contributed by atoms with Crippen LogP contribution in [0.5, 0.6) is 5.75 Å². The minimum atomic E-state index is -4.91. The SMILES string of the molecule is CC(C)Oc1cc2c(=O)c3c4ccc(C#N)cc4[nH]c3n(C3CCC3)c2cc1-c1cccc(S(=O)(=O)F)c1. The highest BCUT2D eigenvalue weighted by molar-refractivity contribution is 7.86. The number of H-pyrrole nitrogens is 1. The van der Waals surface area contributed by atoms with Crippen LogP contribution >= 0.6 is 0 Å². The van der Waals surface area contributed by atoms with Crippen LogP contribution in [0.3, 0.4) is 0 Å². The van der Waals surface area contributed by atoms with E-state index in [-0.39, 0.29) is 17.6 Å². The molecule has 2 aromatic heterocycles. The molecule has 2 heterocycles. The van der Waals surface area contributed by atoms with E-state index in [4.69, 9.17) is 4.74 Å². The van der Waals surface area contributed by atoms with Gasteiger partial charge in [-0.15, -0.1) is 3.89 Å². The molecule has 0 unspecified atom stereocenters. The zero-order chi connectivity index (χ0) is 26.8. The van der Waals surface area contributed by atoms with E-state index in [1.807, 2.05) is 19.9 Å². The molecule has 1 saturated carbocycles. The molecule has 6 rings (SSSR count). The number of nitriles is 1. The molecule has 192 valence electrons. The highest BCUT2D eigenvalue weighted by atomic mass is 32.3. The molecule has 7 nitrogen and oxygen atoms in total. The number of nitrogens with zero attached hydrogens (tertiary/aromatic N) is 2. The monoisotopic (exact) mass is 529 g/mol. The van der Waals surface area contributed by atoms with Crippen molar-refractivity contribution >= 4 is 43.1 Å². The Kier molecular flexibility index (Phi) is 5.54. The van der Waals surface area contributed by atoms with Crippen molar-refractivity contribution in [1.82, 2.24) is 9.55 Å². The van der Waals surface area contributed by atoms with E-state index in [2.05, 4.69) is 15.6 Å². The maximum atomic E-state index is 14.0. The molecular weight excluding hydrogens is 505 g/mol. The normalized spacial score (nSPS) is 14.3. The fraction of sp³-hybridized carbons (Fsp3) is 0.241. The van der Waals surface area contributed by atoms with Gasteiger partial charge in [0.05, 0.1) is 38.9 Å². The van der Waals surface area contributed by atoms with Crippen LogP contribution in [0.4, 0.5) is 3.89 Å². The molecule has 5 aromatic rings. The summed E-state index contributed by atoms with van der Waals surface area (Å²) in [5.41, 5.74) is 3.42. The number of hydrogen-bond acceptors (Lipinski definition) is 5. The van der Waals surface area contributed by atoms with Crippen LogP contribution in [-0.4, -0.2) is 24.1 Å². The molecule has 3 aromatic carbocycles. The smallest absolute Gasteiger partial charge is 0.332 e. The molecule has 0 amide bonds. The summed E-state index contributed by atoms with van der Waals surface area (Å²) in [6.45, 7) is 3.72. The minimum absolute atomic E-state index is 0.159. The average Bonchev–Trinajstić information content (AvgIpc) is 3.23. The van der Waals surface area contributed by atoms with Gasteiger partial charge in [0, 0.05) is 22.5 Å². The third kappa shape index (κ3) is 3.84. The van der Waals surface area contributed by atoms with E-state index >= 15 is 0 Å². The number of benzene rings is 3. The molecule has 1 aliphatic carbocycles. The first-order chi connectivity index (χ1) is 18.2. The molecule has 0 saturated heterocycles. The molecule has 1 N–H and O–H groups in total. The molecule has 38 heavy (non-hydrogen) atoms. The Morgan fingerprint density at radius 2 is 1.89 bits per heavy atom. The van der Waals surface area contributed by atoms with Crippen LogP contribution in [-0.2, 0) is 10.2 Å². The zero-order valence-electron chi connectivity index (χ0n) is 20.8. The second-order valence-electron chi connectivity index (χ2n) is 10.0. The van der Waals surface area contributed by atoms with Crippen molar-refractivity contribution in [2.24, 2.45) is 0 Å². The van der Waals surface area contributed by atoms with E-state index < -0.39 is 15.1 Å². The topological polar surface area (TPSA) is 105 Å². The Hall–Kier alpha value is -4.16. The fourth-order valence-corrected chi connectivity index (χ4v) is 5.79. The highest BCUT2D eigenvalue weighted by Gasteiger charge is 2.27. The summed E-state index contributed by atoms with van der Waals surface area (Å²) in [6, 6.07) is 16.8. The van der Waals surface area contributed by atoms with Gasteiger partial charge in [-0.25, -0.2) is 0 Å². The van der Waals surface area contributed by atoms with Gasteiger partial charge in [0.15, 0.2) is 5.43 Å². The highest BCUT2D eigenvalue weighted by Crippen LogP contribution is 2.41. The van der Waals surface area contributed by atoms with Gasteiger partial charge in [-0.1, -0.05) is 18.2 Å². The van der Waals surface area contributed by atoms with Crippen molar-refractivity contribution in [1.29, 1.82) is 5.26 Å². The minimum Gasteiger partial charge on any atom is -0.490 e. The molecule has 1 fully saturated rings. The Morgan fingerprint density at radius 3 is 2.55 bits per heavy atom. The van der Waals surface area contributed by atoms with E-state index in [0.29, 0.717) is 49.9 Å². The summed E-state index contributed by atoms with van der Waals surface area (Å²) in [7, 11) is -4.91. The van der Waals surface area contributed by atoms with Gasteiger partial charge in [-0.3, -0.25) is 4.79 Å². The third-order valence-corrected chi connectivity index (χ3v) is 8.02. The summed E-state index contributed by atoms with van der Waals surface area (Å²) in [5.74, 6) is 0.407. The second-order valence-corrected chi connectivity index (χ2v) is 11.3. The summed E-state index contributed by atoms with van der Waals surface area (Å²) in [4.78, 5) is 16.9. The zero-order valence-corrected chi connectivity index (χ0v) is 21.6. The number of halogens is 1. The van der Waals surface area contributed by atoms with E-state index in [1.165, 1.54) is 18.2 Å². The summed E-state index contributed by atoms with van der Waals surface area (Å²) >= 11 is 0. The first kappa shape index (κ1) is 24.2. The number of nitrogens with one attached hydrogen (secondary N) is 1. The number of ether oxygens (including phenoxy) is 1. The van der Waals surface area contributed by atoms with Gasteiger partial charge >= 0.3 is 10.2 Å². The van der Waals surface area contributed by atoms with Crippen molar-refractivity contribution in [3.05, 3.63) is 70.4 Å². The molecule has 9 heteroatoms. The standard InChI is InChI=1S/C29H24FN3O4S/c1-16(2)37-26-14-23-25(13-22(26)18-5-3-8-20(12-18)38(30,35)36)33(19-6-4-7-19)29-27(28(23)34)21-10-9-17(15-31)11-24(21)32-29/h3,5,8-14,16,19,32H,4,6-7H2,1-2H3. The molecule has 0 radical (unpaired) electrons. The largest absolute Gasteiger partial charge is 0.490 e. The van der Waals surface area contributed by atoms with Crippen molar-refractivity contribution in [2.45, 2.75) is 50.2 Å². The quantitative estimate of drug-likeness (QED) is 0.267. The Balaban J connectivity index is 1.74. The predicted octanol–water partition coefficient (Wildman–Crippen LogP) is 6.35. The first-order valence-electron chi connectivity index (χ1n) is 12.5. The lowest BCUT2D eigenvalue weighted by Gasteiger charge is -2.31. The number of rotatable bonds is 5. The Bertz CT molecular complexity index is 1980. The van der Waals surface area contributed by atoms with Gasteiger partial charge in [-0.05, 0) is 75.1 Å². The van der Waals surface area contributed by atoms with Crippen LogP contribution < -0.4 is 10.2 Å². The van der Waals surface area contributed by atoms with Crippen LogP contribution in [0.15, 0.2) is 64.3 Å². The molecule has 0 aliphatic heterocycles. The first-order valence-corrected chi connectivity index (χ1v) is 13.8. The van der Waals surface area contributed by atoms with Crippen molar-refractivity contribution in [2.75, 3.05) is 0 Å².